The Bertz CT molecular complexity index is 886. The van der Waals surface area contributed by atoms with Crippen LogP contribution in [0.4, 0.5) is 0 Å². The fourth-order valence-electron chi connectivity index (χ4n) is 4.38. The normalized spacial score (nSPS) is 18.8. The smallest absolute Gasteiger partial charge is 0.0726 e. The standard InChI is InChI=1S/C27H30O2/c28-19-23-14-11-21(12-15-23)10-13-22-16-17-26(18-22)29-20-25-8-4-5-9-27(25)24-6-2-1-3-7-24/h1-9,11-12,14-15,22,26,28H,10,13,16-20H2/t22-,26-/m0/s1. The molecule has 0 amide bonds. The summed E-state index contributed by atoms with van der Waals surface area (Å²) in [7, 11) is 0. The highest BCUT2D eigenvalue weighted by Crippen LogP contribution is 2.33. The van der Waals surface area contributed by atoms with Gasteiger partial charge in [-0.3, -0.25) is 0 Å². The van der Waals surface area contributed by atoms with Gasteiger partial charge in [0, 0.05) is 0 Å². The number of aliphatic hydroxyl groups is 1. The molecule has 1 aliphatic carbocycles. The van der Waals surface area contributed by atoms with Crippen LogP contribution in [0.15, 0.2) is 78.9 Å². The molecule has 0 spiro atoms. The maximum absolute atomic E-state index is 9.16. The minimum atomic E-state index is 0.120. The molecule has 0 radical (unpaired) electrons. The summed E-state index contributed by atoms with van der Waals surface area (Å²) in [5.41, 5.74) is 6.14. The van der Waals surface area contributed by atoms with E-state index in [1.54, 1.807) is 0 Å². The molecule has 0 bridgehead atoms. The summed E-state index contributed by atoms with van der Waals surface area (Å²) in [6.07, 6.45) is 6.31. The van der Waals surface area contributed by atoms with Crippen molar-refractivity contribution in [2.24, 2.45) is 5.92 Å². The molecule has 0 aromatic heterocycles. The fourth-order valence-corrected chi connectivity index (χ4v) is 4.38. The van der Waals surface area contributed by atoms with E-state index in [0.717, 1.165) is 17.9 Å². The molecule has 2 atom stereocenters. The molecule has 2 nitrogen and oxygen atoms in total. The van der Waals surface area contributed by atoms with Crippen molar-refractivity contribution in [2.45, 2.75) is 51.4 Å². The summed E-state index contributed by atoms with van der Waals surface area (Å²) >= 11 is 0. The summed E-state index contributed by atoms with van der Waals surface area (Å²) in [5.74, 6) is 0.752. The van der Waals surface area contributed by atoms with Gasteiger partial charge in [-0.1, -0.05) is 78.9 Å². The second-order valence-corrected chi connectivity index (χ2v) is 8.15. The first-order valence-corrected chi connectivity index (χ1v) is 10.8. The number of rotatable bonds is 8. The summed E-state index contributed by atoms with van der Waals surface area (Å²) in [6.45, 7) is 0.806. The van der Waals surface area contributed by atoms with Crippen LogP contribution < -0.4 is 0 Å². The van der Waals surface area contributed by atoms with Crippen molar-refractivity contribution in [2.75, 3.05) is 0 Å². The molecule has 150 valence electrons. The Hall–Kier alpha value is -2.42. The van der Waals surface area contributed by atoms with Gasteiger partial charge < -0.3 is 9.84 Å². The zero-order valence-corrected chi connectivity index (χ0v) is 17.0. The highest BCUT2D eigenvalue weighted by molar-refractivity contribution is 5.67. The summed E-state index contributed by atoms with van der Waals surface area (Å²) in [4.78, 5) is 0. The van der Waals surface area contributed by atoms with Gasteiger partial charge in [0.1, 0.15) is 0 Å². The topological polar surface area (TPSA) is 29.5 Å². The summed E-state index contributed by atoms with van der Waals surface area (Å²) in [5, 5.41) is 9.16. The first kappa shape index (κ1) is 19.9. The van der Waals surface area contributed by atoms with Gasteiger partial charge in [-0.05, 0) is 65.8 Å². The quantitative estimate of drug-likeness (QED) is 0.502. The molecule has 29 heavy (non-hydrogen) atoms. The van der Waals surface area contributed by atoms with E-state index in [1.807, 2.05) is 12.1 Å². The van der Waals surface area contributed by atoms with E-state index < -0.39 is 0 Å². The fraction of sp³-hybridized carbons (Fsp3) is 0.333. The van der Waals surface area contributed by atoms with Crippen molar-refractivity contribution >= 4 is 0 Å². The third kappa shape index (κ3) is 5.35. The van der Waals surface area contributed by atoms with E-state index in [0.29, 0.717) is 12.7 Å². The maximum atomic E-state index is 9.16. The molecule has 3 aromatic carbocycles. The molecule has 0 saturated heterocycles. The zero-order chi connectivity index (χ0) is 19.9. The Kier molecular flexibility index (Phi) is 6.76. The minimum absolute atomic E-state index is 0.120. The number of ether oxygens (including phenoxy) is 1. The van der Waals surface area contributed by atoms with Gasteiger partial charge in [0.15, 0.2) is 0 Å². The SMILES string of the molecule is OCc1ccc(CC[C@H]2CC[C@H](OCc3ccccc3-c3ccccc3)C2)cc1. The molecule has 1 N–H and O–H groups in total. The molecule has 0 heterocycles. The van der Waals surface area contributed by atoms with E-state index in [-0.39, 0.29) is 6.61 Å². The lowest BCUT2D eigenvalue weighted by atomic mass is 9.97. The van der Waals surface area contributed by atoms with E-state index in [9.17, 15) is 0 Å². The Morgan fingerprint density at radius 2 is 1.52 bits per heavy atom. The van der Waals surface area contributed by atoms with Gasteiger partial charge in [-0.15, -0.1) is 0 Å². The third-order valence-electron chi connectivity index (χ3n) is 6.12. The Labute approximate surface area is 174 Å². The van der Waals surface area contributed by atoms with Crippen molar-refractivity contribution in [1.82, 2.24) is 0 Å². The van der Waals surface area contributed by atoms with Crippen molar-refractivity contribution in [3.05, 3.63) is 95.6 Å². The van der Waals surface area contributed by atoms with Gasteiger partial charge in [0.25, 0.3) is 0 Å². The van der Waals surface area contributed by atoms with E-state index in [2.05, 4.69) is 66.7 Å². The monoisotopic (exact) mass is 386 g/mol. The maximum Gasteiger partial charge on any atom is 0.0726 e. The predicted molar refractivity (Wildman–Crippen MR) is 118 cm³/mol. The molecule has 0 unspecified atom stereocenters. The molecule has 0 aliphatic heterocycles. The number of hydrogen-bond donors (Lipinski definition) is 1. The predicted octanol–water partition coefficient (Wildman–Crippen LogP) is 6.16. The van der Waals surface area contributed by atoms with Gasteiger partial charge >= 0.3 is 0 Å². The average Bonchev–Trinajstić information content (AvgIpc) is 3.25. The molecule has 1 aliphatic rings. The third-order valence-corrected chi connectivity index (χ3v) is 6.12. The van der Waals surface area contributed by atoms with Gasteiger partial charge in [0.2, 0.25) is 0 Å². The largest absolute Gasteiger partial charge is 0.392 e. The van der Waals surface area contributed by atoms with Crippen LogP contribution in [0.1, 0.15) is 42.4 Å². The van der Waals surface area contributed by atoms with E-state index in [1.165, 1.54) is 47.9 Å². The van der Waals surface area contributed by atoms with Crippen LogP contribution in [0, 0.1) is 5.92 Å². The van der Waals surface area contributed by atoms with Crippen LogP contribution >= 0.6 is 0 Å². The lowest BCUT2D eigenvalue weighted by molar-refractivity contribution is 0.0429. The van der Waals surface area contributed by atoms with E-state index >= 15 is 0 Å². The van der Waals surface area contributed by atoms with Gasteiger partial charge in [-0.25, -0.2) is 0 Å². The Morgan fingerprint density at radius 3 is 2.31 bits per heavy atom. The molecule has 1 saturated carbocycles. The lowest BCUT2D eigenvalue weighted by Gasteiger charge is -2.15. The molecule has 1 fully saturated rings. The molecule has 4 rings (SSSR count). The van der Waals surface area contributed by atoms with E-state index in [4.69, 9.17) is 9.84 Å². The second kappa shape index (κ2) is 9.87. The average molecular weight is 387 g/mol. The van der Waals surface area contributed by atoms with Crippen LogP contribution in [0.3, 0.4) is 0 Å². The minimum Gasteiger partial charge on any atom is -0.392 e. The summed E-state index contributed by atoms with van der Waals surface area (Å²) < 4.78 is 6.34. The van der Waals surface area contributed by atoms with Crippen LogP contribution in [-0.2, 0) is 24.4 Å². The first-order valence-electron chi connectivity index (χ1n) is 10.8. The molecule has 2 heteroatoms. The number of aliphatic hydroxyl groups excluding tert-OH is 1. The lowest BCUT2D eigenvalue weighted by Crippen LogP contribution is -2.09. The highest BCUT2D eigenvalue weighted by Gasteiger charge is 2.25. The number of benzene rings is 3. The molecular weight excluding hydrogens is 356 g/mol. The zero-order valence-electron chi connectivity index (χ0n) is 17.0. The van der Waals surface area contributed by atoms with Crippen molar-refractivity contribution in [1.29, 1.82) is 0 Å². The Balaban J connectivity index is 1.28. The van der Waals surface area contributed by atoms with Crippen LogP contribution in [0.25, 0.3) is 11.1 Å². The summed E-state index contributed by atoms with van der Waals surface area (Å²) in [6, 6.07) is 27.5. The van der Waals surface area contributed by atoms with Crippen molar-refractivity contribution < 1.29 is 9.84 Å². The van der Waals surface area contributed by atoms with Gasteiger partial charge in [-0.2, -0.15) is 0 Å². The van der Waals surface area contributed by atoms with Crippen molar-refractivity contribution in [3.63, 3.8) is 0 Å². The number of hydrogen-bond acceptors (Lipinski definition) is 2. The second-order valence-electron chi connectivity index (χ2n) is 8.15. The Morgan fingerprint density at radius 1 is 0.793 bits per heavy atom. The highest BCUT2D eigenvalue weighted by atomic mass is 16.5. The van der Waals surface area contributed by atoms with Crippen molar-refractivity contribution in [3.8, 4) is 11.1 Å². The first-order chi connectivity index (χ1) is 14.3. The molecular formula is C27H30O2. The van der Waals surface area contributed by atoms with Gasteiger partial charge in [0.05, 0.1) is 19.3 Å². The number of aryl methyl sites for hydroxylation is 1. The van der Waals surface area contributed by atoms with Crippen LogP contribution in [0.5, 0.6) is 0 Å². The molecule has 3 aromatic rings. The van der Waals surface area contributed by atoms with Crippen LogP contribution in [0.2, 0.25) is 0 Å². The van der Waals surface area contributed by atoms with Crippen LogP contribution in [-0.4, -0.2) is 11.2 Å².